The minimum absolute atomic E-state index is 0.300. The molecule has 1 fully saturated rings. The van der Waals surface area contributed by atoms with E-state index in [9.17, 15) is 4.79 Å². The zero-order valence-corrected chi connectivity index (χ0v) is 15.9. The van der Waals surface area contributed by atoms with Gasteiger partial charge in [0.05, 0.1) is 24.9 Å². The Morgan fingerprint density at radius 1 is 1.21 bits per heavy atom. The highest BCUT2D eigenvalue weighted by Gasteiger charge is 2.23. The number of esters is 1. The fourth-order valence-electron chi connectivity index (χ4n) is 3.72. The third-order valence-electron chi connectivity index (χ3n) is 5.17. The average molecular weight is 377 g/mol. The van der Waals surface area contributed by atoms with Crippen molar-refractivity contribution in [1.29, 1.82) is 0 Å². The van der Waals surface area contributed by atoms with Crippen molar-refractivity contribution >= 4 is 5.97 Å². The summed E-state index contributed by atoms with van der Waals surface area (Å²) in [5, 5.41) is 4.16. The molecule has 1 aromatic carbocycles. The maximum Gasteiger partial charge on any atom is 0.337 e. The molecule has 1 unspecified atom stereocenters. The molecule has 28 heavy (non-hydrogen) atoms. The van der Waals surface area contributed by atoms with Crippen LogP contribution in [0, 0.1) is 0 Å². The molecule has 1 atom stereocenters. The van der Waals surface area contributed by atoms with E-state index in [0.29, 0.717) is 11.5 Å². The van der Waals surface area contributed by atoms with Crippen LogP contribution in [-0.4, -0.2) is 41.2 Å². The molecule has 1 aliphatic heterocycles. The Hall–Kier alpha value is -2.99. The number of benzene rings is 1. The van der Waals surface area contributed by atoms with Gasteiger partial charge in [0, 0.05) is 18.8 Å². The van der Waals surface area contributed by atoms with Gasteiger partial charge in [-0.1, -0.05) is 23.4 Å². The van der Waals surface area contributed by atoms with E-state index in [1.165, 1.54) is 12.7 Å². The zero-order valence-electron chi connectivity index (χ0n) is 15.9. The molecule has 2 aromatic heterocycles. The molecule has 0 spiro atoms. The number of rotatable bonds is 5. The van der Waals surface area contributed by atoms with E-state index < -0.39 is 0 Å². The Balaban J connectivity index is 1.40. The largest absolute Gasteiger partial charge is 0.465 e. The standard InChI is InChI=1S/C22H23N3O3/c1-27-22(26)17-9-7-16(8-10-17)18-5-4-12-25(14-18)15-19-13-21(24-28-19)20-6-2-3-11-23-20/h2-3,6-11,13,18H,4-5,12,14-15H2,1H3. The van der Waals surface area contributed by atoms with Gasteiger partial charge in [-0.05, 0) is 55.1 Å². The smallest absolute Gasteiger partial charge is 0.337 e. The van der Waals surface area contributed by atoms with E-state index in [2.05, 4.69) is 15.0 Å². The predicted octanol–water partition coefficient (Wildman–Crippen LogP) is 3.90. The molecule has 6 nitrogen and oxygen atoms in total. The minimum atomic E-state index is -0.300. The van der Waals surface area contributed by atoms with Crippen molar-refractivity contribution in [3.63, 3.8) is 0 Å². The molecule has 0 aliphatic carbocycles. The number of carbonyl (C=O) groups excluding carboxylic acids is 1. The van der Waals surface area contributed by atoms with Crippen LogP contribution in [0.1, 0.15) is 40.4 Å². The van der Waals surface area contributed by atoms with Gasteiger partial charge < -0.3 is 9.26 Å². The summed E-state index contributed by atoms with van der Waals surface area (Å²) in [4.78, 5) is 18.3. The fourth-order valence-corrected chi connectivity index (χ4v) is 3.72. The molecule has 144 valence electrons. The van der Waals surface area contributed by atoms with Crippen molar-refractivity contribution in [3.8, 4) is 11.4 Å². The molecular weight excluding hydrogens is 354 g/mol. The maximum absolute atomic E-state index is 11.6. The molecule has 0 radical (unpaired) electrons. The highest BCUT2D eigenvalue weighted by molar-refractivity contribution is 5.89. The summed E-state index contributed by atoms with van der Waals surface area (Å²) in [6.07, 6.45) is 4.03. The van der Waals surface area contributed by atoms with Gasteiger partial charge in [0.2, 0.25) is 0 Å². The van der Waals surface area contributed by atoms with Gasteiger partial charge >= 0.3 is 5.97 Å². The topological polar surface area (TPSA) is 68.5 Å². The van der Waals surface area contributed by atoms with Gasteiger partial charge in [-0.25, -0.2) is 4.79 Å². The number of hydrogen-bond donors (Lipinski definition) is 0. The summed E-state index contributed by atoms with van der Waals surface area (Å²) in [5.41, 5.74) is 3.42. The fraction of sp³-hybridized carbons (Fsp3) is 0.318. The second kappa shape index (κ2) is 8.35. The molecule has 1 saturated heterocycles. The van der Waals surface area contributed by atoms with Crippen molar-refractivity contribution in [2.75, 3.05) is 20.2 Å². The lowest BCUT2D eigenvalue weighted by Crippen LogP contribution is -2.33. The number of aromatic nitrogens is 2. The van der Waals surface area contributed by atoms with E-state index in [4.69, 9.17) is 9.26 Å². The maximum atomic E-state index is 11.6. The van der Waals surface area contributed by atoms with Crippen molar-refractivity contribution in [2.45, 2.75) is 25.3 Å². The van der Waals surface area contributed by atoms with Crippen molar-refractivity contribution < 1.29 is 14.1 Å². The third kappa shape index (κ3) is 4.12. The molecule has 1 aliphatic rings. The third-order valence-corrected chi connectivity index (χ3v) is 5.17. The summed E-state index contributed by atoms with van der Waals surface area (Å²) in [6.45, 7) is 2.73. The van der Waals surface area contributed by atoms with Gasteiger partial charge in [0.25, 0.3) is 0 Å². The number of ether oxygens (including phenoxy) is 1. The Morgan fingerprint density at radius 2 is 2.07 bits per heavy atom. The first-order chi connectivity index (χ1) is 13.7. The van der Waals surface area contributed by atoms with Crippen molar-refractivity contribution in [3.05, 3.63) is 71.6 Å². The molecular formula is C22H23N3O3. The summed E-state index contributed by atoms with van der Waals surface area (Å²) < 4.78 is 10.3. The van der Waals surface area contributed by atoms with Crippen molar-refractivity contribution in [1.82, 2.24) is 15.0 Å². The highest BCUT2D eigenvalue weighted by Crippen LogP contribution is 2.28. The Labute approximate surface area is 164 Å². The number of carbonyl (C=O) groups is 1. The molecule has 0 amide bonds. The van der Waals surface area contributed by atoms with E-state index >= 15 is 0 Å². The van der Waals surface area contributed by atoms with Crippen LogP contribution in [-0.2, 0) is 11.3 Å². The number of pyridine rings is 1. The number of nitrogens with zero attached hydrogens (tertiary/aromatic N) is 3. The van der Waals surface area contributed by atoms with E-state index in [1.807, 2.05) is 48.5 Å². The zero-order chi connectivity index (χ0) is 19.3. The van der Waals surface area contributed by atoms with Crippen LogP contribution in [0.3, 0.4) is 0 Å². The summed E-state index contributed by atoms with van der Waals surface area (Å²) in [7, 11) is 1.40. The molecule has 3 heterocycles. The van der Waals surface area contributed by atoms with Crippen LogP contribution >= 0.6 is 0 Å². The quantitative estimate of drug-likeness (QED) is 0.628. The first-order valence-corrected chi connectivity index (χ1v) is 9.50. The van der Waals surface area contributed by atoms with Crippen molar-refractivity contribution in [2.24, 2.45) is 0 Å². The molecule has 0 N–H and O–H groups in total. The number of likely N-dealkylation sites (tertiary alicyclic amines) is 1. The van der Waals surface area contributed by atoms with Crippen LogP contribution in [0.5, 0.6) is 0 Å². The summed E-state index contributed by atoms with van der Waals surface area (Å²) in [5.74, 6) is 0.992. The lowest BCUT2D eigenvalue weighted by molar-refractivity contribution is 0.0600. The molecule has 0 saturated carbocycles. The van der Waals surface area contributed by atoms with Gasteiger partial charge in [0.15, 0.2) is 5.76 Å². The normalized spacial score (nSPS) is 17.4. The van der Waals surface area contributed by atoms with Crippen LogP contribution < -0.4 is 0 Å². The average Bonchev–Trinajstić information content (AvgIpc) is 3.22. The van der Waals surface area contributed by atoms with Crippen LogP contribution in [0.4, 0.5) is 0 Å². The van der Waals surface area contributed by atoms with Gasteiger partial charge in [-0.15, -0.1) is 0 Å². The van der Waals surface area contributed by atoms with Gasteiger partial charge in [-0.3, -0.25) is 9.88 Å². The van der Waals surface area contributed by atoms with E-state index in [1.54, 1.807) is 6.20 Å². The molecule has 0 bridgehead atoms. The Kier molecular flexibility index (Phi) is 5.48. The van der Waals surface area contributed by atoms with Crippen LogP contribution in [0.25, 0.3) is 11.4 Å². The molecule has 4 rings (SSSR count). The van der Waals surface area contributed by atoms with Gasteiger partial charge in [0.1, 0.15) is 5.69 Å². The van der Waals surface area contributed by atoms with Crippen LogP contribution in [0.2, 0.25) is 0 Å². The Morgan fingerprint density at radius 3 is 2.82 bits per heavy atom. The molecule has 6 heteroatoms. The second-order valence-corrected chi connectivity index (χ2v) is 7.08. The number of piperidine rings is 1. The number of hydrogen-bond acceptors (Lipinski definition) is 6. The second-order valence-electron chi connectivity index (χ2n) is 7.08. The minimum Gasteiger partial charge on any atom is -0.465 e. The SMILES string of the molecule is COC(=O)c1ccc(C2CCCN(Cc3cc(-c4ccccn4)no3)C2)cc1. The Bertz CT molecular complexity index is 922. The summed E-state index contributed by atoms with van der Waals surface area (Å²) >= 11 is 0. The highest BCUT2D eigenvalue weighted by atomic mass is 16.5. The van der Waals surface area contributed by atoms with E-state index in [-0.39, 0.29) is 5.97 Å². The van der Waals surface area contributed by atoms with Gasteiger partial charge in [-0.2, -0.15) is 0 Å². The lowest BCUT2D eigenvalue weighted by Gasteiger charge is -2.32. The summed E-state index contributed by atoms with van der Waals surface area (Å²) in [6, 6.07) is 15.5. The van der Waals surface area contributed by atoms with Crippen LogP contribution in [0.15, 0.2) is 59.3 Å². The predicted molar refractivity (Wildman–Crippen MR) is 105 cm³/mol. The number of methoxy groups -OCH3 is 1. The first-order valence-electron chi connectivity index (χ1n) is 9.50. The van der Waals surface area contributed by atoms with E-state index in [0.717, 1.165) is 49.6 Å². The lowest BCUT2D eigenvalue weighted by atomic mass is 9.90. The molecule has 3 aromatic rings. The monoisotopic (exact) mass is 377 g/mol. The first kappa shape index (κ1) is 18.4.